The number of hydrogen-bond acceptors (Lipinski definition) is 5. The van der Waals surface area contributed by atoms with Crippen LogP contribution >= 0.6 is 11.3 Å². The van der Waals surface area contributed by atoms with E-state index in [4.69, 9.17) is 0 Å². The Morgan fingerprint density at radius 3 is 2.56 bits per heavy atom. The molecule has 0 aliphatic carbocycles. The number of nitrogens with zero attached hydrogens (tertiary/aromatic N) is 3. The second-order valence-electron chi connectivity index (χ2n) is 5.79. The summed E-state index contributed by atoms with van der Waals surface area (Å²) in [6, 6.07) is 13.6. The van der Waals surface area contributed by atoms with Crippen LogP contribution in [-0.4, -0.2) is 26.1 Å². The number of aromatic nitrogens is 4. The minimum atomic E-state index is -0.271. The molecule has 2 heterocycles. The molecule has 2 aromatic carbocycles. The first-order chi connectivity index (χ1) is 13.2. The van der Waals surface area contributed by atoms with Crippen LogP contribution in [0.15, 0.2) is 61.1 Å². The van der Waals surface area contributed by atoms with Crippen LogP contribution in [0.5, 0.6) is 0 Å². The molecule has 0 saturated carbocycles. The van der Waals surface area contributed by atoms with E-state index >= 15 is 0 Å². The van der Waals surface area contributed by atoms with Gasteiger partial charge in [0.15, 0.2) is 5.82 Å². The highest BCUT2D eigenvalue weighted by Crippen LogP contribution is 2.21. The van der Waals surface area contributed by atoms with Gasteiger partial charge in [-0.05, 0) is 42.0 Å². The average Bonchev–Trinajstić information content (AvgIpc) is 3.36. The first-order valence-electron chi connectivity index (χ1n) is 8.14. The molecule has 0 saturated heterocycles. The fraction of sp³-hybridized carbons (Fsp3) is 0.0526. The Kier molecular flexibility index (Phi) is 4.71. The number of hydrogen-bond donors (Lipinski definition) is 2. The number of H-pyrrole nitrogens is 1. The van der Waals surface area contributed by atoms with Crippen LogP contribution in [0.3, 0.4) is 0 Å². The van der Waals surface area contributed by atoms with Gasteiger partial charge < -0.3 is 5.32 Å². The molecular formula is C19H14FN5OS. The van der Waals surface area contributed by atoms with E-state index in [1.165, 1.54) is 29.8 Å². The Morgan fingerprint density at radius 1 is 1.07 bits per heavy atom. The fourth-order valence-electron chi connectivity index (χ4n) is 2.52. The summed E-state index contributed by atoms with van der Waals surface area (Å²) in [5.74, 6) is 0.179. The number of carbonyl (C=O) groups excluding carboxylic acids is 1. The maximum Gasteiger partial charge on any atom is 0.267 e. The van der Waals surface area contributed by atoms with Gasteiger partial charge >= 0.3 is 0 Å². The number of anilines is 1. The Hall–Kier alpha value is -3.39. The number of halogens is 1. The second kappa shape index (κ2) is 7.46. The maximum absolute atomic E-state index is 13.0. The van der Waals surface area contributed by atoms with Crippen molar-refractivity contribution < 1.29 is 9.18 Å². The van der Waals surface area contributed by atoms with Crippen LogP contribution in [0.4, 0.5) is 10.1 Å². The van der Waals surface area contributed by atoms with E-state index in [0.29, 0.717) is 22.8 Å². The van der Waals surface area contributed by atoms with E-state index in [9.17, 15) is 9.18 Å². The van der Waals surface area contributed by atoms with E-state index in [1.807, 2.05) is 12.1 Å². The molecule has 0 bridgehead atoms. The van der Waals surface area contributed by atoms with E-state index in [0.717, 1.165) is 16.1 Å². The van der Waals surface area contributed by atoms with Gasteiger partial charge in [0, 0.05) is 17.7 Å². The first kappa shape index (κ1) is 17.0. The smallest absolute Gasteiger partial charge is 0.267 e. The predicted molar refractivity (Wildman–Crippen MR) is 101 cm³/mol. The summed E-state index contributed by atoms with van der Waals surface area (Å²) in [7, 11) is 0. The van der Waals surface area contributed by atoms with Crippen molar-refractivity contribution in [3.8, 4) is 11.4 Å². The molecular weight excluding hydrogens is 365 g/mol. The van der Waals surface area contributed by atoms with Crippen molar-refractivity contribution in [2.45, 2.75) is 6.42 Å². The molecule has 1 amide bonds. The van der Waals surface area contributed by atoms with Crippen molar-refractivity contribution >= 4 is 22.9 Å². The summed E-state index contributed by atoms with van der Waals surface area (Å²) in [5.41, 5.74) is 2.50. The summed E-state index contributed by atoms with van der Waals surface area (Å²) < 4.78 is 13.0. The molecule has 4 rings (SSSR count). The zero-order valence-corrected chi connectivity index (χ0v) is 14.8. The number of aromatic amines is 1. The number of rotatable bonds is 5. The molecule has 134 valence electrons. The zero-order chi connectivity index (χ0) is 18.6. The van der Waals surface area contributed by atoms with Gasteiger partial charge in [-0.1, -0.05) is 12.1 Å². The predicted octanol–water partition coefficient (Wildman–Crippen LogP) is 3.91. The monoisotopic (exact) mass is 379 g/mol. The van der Waals surface area contributed by atoms with E-state index in [-0.39, 0.29) is 11.7 Å². The largest absolute Gasteiger partial charge is 0.321 e. The molecule has 8 heteroatoms. The Bertz CT molecular complexity index is 1040. The minimum absolute atomic E-state index is 0.217. The zero-order valence-electron chi connectivity index (χ0n) is 14.0. The lowest BCUT2D eigenvalue weighted by Crippen LogP contribution is -2.09. The topological polar surface area (TPSA) is 83.6 Å². The lowest BCUT2D eigenvalue weighted by atomic mass is 10.2. The van der Waals surface area contributed by atoms with Crippen LogP contribution in [0.2, 0.25) is 0 Å². The summed E-state index contributed by atoms with van der Waals surface area (Å²) in [5, 5.41) is 10.3. The van der Waals surface area contributed by atoms with Crippen LogP contribution in [0, 0.1) is 5.82 Å². The third kappa shape index (κ3) is 4.06. The fourth-order valence-corrected chi connectivity index (χ4v) is 3.37. The van der Waals surface area contributed by atoms with Crippen molar-refractivity contribution in [1.82, 2.24) is 20.2 Å². The van der Waals surface area contributed by atoms with Gasteiger partial charge in [-0.25, -0.2) is 14.4 Å². The van der Waals surface area contributed by atoms with Crippen molar-refractivity contribution in [2.24, 2.45) is 0 Å². The van der Waals surface area contributed by atoms with Gasteiger partial charge in [0.25, 0.3) is 5.91 Å². The molecule has 6 nitrogen and oxygen atoms in total. The van der Waals surface area contributed by atoms with Gasteiger partial charge in [0.1, 0.15) is 17.0 Å². The second-order valence-corrected chi connectivity index (χ2v) is 6.90. The minimum Gasteiger partial charge on any atom is -0.321 e. The Morgan fingerprint density at radius 2 is 1.85 bits per heavy atom. The molecule has 2 aromatic heterocycles. The van der Waals surface area contributed by atoms with Gasteiger partial charge in [-0.2, -0.15) is 5.10 Å². The molecule has 0 unspecified atom stereocenters. The highest BCUT2D eigenvalue weighted by molar-refractivity contribution is 7.13. The third-order valence-electron chi connectivity index (χ3n) is 3.88. The van der Waals surface area contributed by atoms with Crippen LogP contribution in [0.1, 0.15) is 20.2 Å². The van der Waals surface area contributed by atoms with Crippen LogP contribution in [0.25, 0.3) is 11.4 Å². The quantitative estimate of drug-likeness (QED) is 0.551. The maximum atomic E-state index is 13.0. The number of amides is 1. The van der Waals surface area contributed by atoms with Crippen molar-refractivity contribution in [2.75, 3.05) is 5.32 Å². The SMILES string of the molecule is O=C(Nc1ccc(-c2ncn[nH]2)cc1)c1cnc(Cc2ccc(F)cc2)s1. The van der Waals surface area contributed by atoms with Gasteiger partial charge in [-0.3, -0.25) is 9.89 Å². The van der Waals surface area contributed by atoms with E-state index in [2.05, 4.69) is 25.5 Å². The molecule has 0 aliphatic rings. The molecule has 0 fully saturated rings. The molecule has 4 aromatic rings. The van der Waals surface area contributed by atoms with Gasteiger partial charge in [0.05, 0.1) is 11.2 Å². The summed E-state index contributed by atoms with van der Waals surface area (Å²) in [6.07, 6.45) is 3.56. The van der Waals surface area contributed by atoms with Crippen LogP contribution in [-0.2, 0) is 6.42 Å². The van der Waals surface area contributed by atoms with Crippen molar-refractivity contribution in [1.29, 1.82) is 0 Å². The number of thiazole rings is 1. The number of carbonyl (C=O) groups is 1. The van der Waals surface area contributed by atoms with Gasteiger partial charge in [0.2, 0.25) is 0 Å². The molecule has 0 atom stereocenters. The molecule has 0 spiro atoms. The average molecular weight is 379 g/mol. The Labute approximate surface area is 158 Å². The highest BCUT2D eigenvalue weighted by atomic mass is 32.1. The first-order valence-corrected chi connectivity index (χ1v) is 8.95. The van der Waals surface area contributed by atoms with E-state index in [1.54, 1.807) is 30.5 Å². The number of benzene rings is 2. The lowest BCUT2D eigenvalue weighted by molar-refractivity contribution is 0.103. The van der Waals surface area contributed by atoms with Crippen molar-refractivity contribution in [3.63, 3.8) is 0 Å². The van der Waals surface area contributed by atoms with Crippen molar-refractivity contribution in [3.05, 3.63) is 82.3 Å². The Balaban J connectivity index is 1.41. The normalized spacial score (nSPS) is 10.7. The molecule has 2 N–H and O–H groups in total. The third-order valence-corrected chi connectivity index (χ3v) is 4.87. The highest BCUT2D eigenvalue weighted by Gasteiger charge is 2.12. The molecule has 27 heavy (non-hydrogen) atoms. The summed E-state index contributed by atoms with van der Waals surface area (Å²) in [4.78, 5) is 21.3. The van der Waals surface area contributed by atoms with Gasteiger partial charge in [-0.15, -0.1) is 11.3 Å². The van der Waals surface area contributed by atoms with E-state index < -0.39 is 0 Å². The lowest BCUT2D eigenvalue weighted by Gasteiger charge is -2.04. The summed E-state index contributed by atoms with van der Waals surface area (Å²) in [6.45, 7) is 0. The van der Waals surface area contributed by atoms with Crippen LogP contribution < -0.4 is 5.32 Å². The standard InChI is InChI=1S/C19H14FN5OS/c20-14-5-1-12(2-6-14)9-17-21-10-16(27-17)19(26)24-15-7-3-13(4-8-15)18-22-11-23-25-18/h1-8,10-11H,9H2,(H,24,26)(H,22,23,25). The number of nitrogens with one attached hydrogen (secondary N) is 2. The summed E-state index contributed by atoms with van der Waals surface area (Å²) >= 11 is 1.32. The molecule has 0 aliphatic heterocycles. The molecule has 0 radical (unpaired) electrons.